The van der Waals surface area contributed by atoms with Crippen LogP contribution in [0.3, 0.4) is 0 Å². The fraction of sp³-hybridized carbons (Fsp3) is 0.667. The van der Waals surface area contributed by atoms with Crippen LogP contribution >= 0.6 is 0 Å². The second-order valence-corrected chi connectivity index (χ2v) is 3.75. The molecular weight excluding hydrogens is 202 g/mol. The molecule has 0 unspecified atom stereocenters. The predicted octanol–water partition coefficient (Wildman–Crippen LogP) is 2.07. The highest BCUT2D eigenvalue weighted by Crippen LogP contribution is 2.08. The molecule has 4 nitrogen and oxygen atoms in total. The maximum absolute atomic E-state index is 5.44. The number of aromatic nitrogens is 2. The highest BCUT2D eigenvalue weighted by molar-refractivity contribution is 5.17. The lowest BCUT2D eigenvalue weighted by Gasteiger charge is -2.07. The number of ether oxygens (including phenoxy) is 1. The SMILES string of the molecule is CCCCOc1ncc(CNCC)c(C)n1. The lowest BCUT2D eigenvalue weighted by molar-refractivity contribution is 0.284. The molecule has 1 N–H and O–H groups in total. The van der Waals surface area contributed by atoms with E-state index in [0.717, 1.165) is 37.2 Å². The van der Waals surface area contributed by atoms with E-state index in [1.54, 1.807) is 0 Å². The van der Waals surface area contributed by atoms with Gasteiger partial charge in [-0.3, -0.25) is 0 Å². The van der Waals surface area contributed by atoms with Gasteiger partial charge in [-0.15, -0.1) is 0 Å². The maximum Gasteiger partial charge on any atom is 0.316 e. The van der Waals surface area contributed by atoms with Crippen LogP contribution in [-0.4, -0.2) is 23.1 Å². The van der Waals surface area contributed by atoms with Gasteiger partial charge in [-0.05, 0) is 19.9 Å². The normalized spacial score (nSPS) is 10.4. The monoisotopic (exact) mass is 223 g/mol. The zero-order valence-corrected chi connectivity index (χ0v) is 10.4. The van der Waals surface area contributed by atoms with E-state index in [4.69, 9.17) is 4.74 Å². The Morgan fingerprint density at radius 3 is 2.81 bits per heavy atom. The minimum Gasteiger partial charge on any atom is -0.463 e. The molecule has 0 fully saturated rings. The minimum atomic E-state index is 0.492. The first-order chi connectivity index (χ1) is 7.77. The molecule has 1 aromatic heterocycles. The zero-order valence-electron chi connectivity index (χ0n) is 10.4. The number of nitrogens with one attached hydrogen (secondary N) is 1. The lowest BCUT2D eigenvalue weighted by atomic mass is 10.2. The molecule has 4 heteroatoms. The predicted molar refractivity (Wildman–Crippen MR) is 64.6 cm³/mol. The van der Waals surface area contributed by atoms with Gasteiger partial charge < -0.3 is 10.1 Å². The van der Waals surface area contributed by atoms with Crippen LogP contribution in [0.15, 0.2) is 6.20 Å². The fourth-order valence-corrected chi connectivity index (χ4v) is 1.28. The number of hydrogen-bond acceptors (Lipinski definition) is 4. The van der Waals surface area contributed by atoms with Gasteiger partial charge in [0.2, 0.25) is 0 Å². The quantitative estimate of drug-likeness (QED) is 0.719. The van der Waals surface area contributed by atoms with Gasteiger partial charge in [0.05, 0.1) is 6.61 Å². The summed E-state index contributed by atoms with van der Waals surface area (Å²) in [6, 6.07) is 0.492. The van der Waals surface area contributed by atoms with E-state index in [9.17, 15) is 0 Å². The molecule has 16 heavy (non-hydrogen) atoms. The smallest absolute Gasteiger partial charge is 0.316 e. The van der Waals surface area contributed by atoms with Crippen LogP contribution in [0, 0.1) is 6.92 Å². The van der Waals surface area contributed by atoms with Crippen molar-refractivity contribution in [2.24, 2.45) is 0 Å². The standard InChI is InChI=1S/C12H21N3O/c1-4-6-7-16-12-14-9-11(8-13-5-2)10(3)15-12/h9,13H,4-8H2,1-3H3. The molecule has 0 spiro atoms. The first kappa shape index (κ1) is 12.9. The van der Waals surface area contributed by atoms with E-state index in [2.05, 4.69) is 29.1 Å². The molecular formula is C12H21N3O. The van der Waals surface area contributed by atoms with Crippen molar-refractivity contribution in [2.75, 3.05) is 13.2 Å². The zero-order chi connectivity index (χ0) is 11.8. The molecule has 0 aliphatic carbocycles. The molecule has 0 saturated heterocycles. The van der Waals surface area contributed by atoms with Crippen molar-refractivity contribution in [1.29, 1.82) is 0 Å². The third-order valence-corrected chi connectivity index (χ3v) is 2.35. The fourth-order valence-electron chi connectivity index (χ4n) is 1.28. The number of unbranched alkanes of at least 4 members (excludes halogenated alkanes) is 1. The molecule has 1 aromatic rings. The van der Waals surface area contributed by atoms with Crippen LogP contribution in [0.5, 0.6) is 6.01 Å². The number of aryl methyl sites for hydroxylation is 1. The van der Waals surface area contributed by atoms with Gasteiger partial charge in [-0.25, -0.2) is 9.97 Å². The molecule has 0 aliphatic heterocycles. The van der Waals surface area contributed by atoms with Gasteiger partial charge in [0.1, 0.15) is 0 Å². The molecule has 0 atom stereocenters. The Labute approximate surface area is 97.5 Å². The van der Waals surface area contributed by atoms with Crippen LogP contribution in [0.2, 0.25) is 0 Å². The van der Waals surface area contributed by atoms with Crippen molar-refractivity contribution in [2.45, 2.75) is 40.2 Å². The Balaban J connectivity index is 2.53. The van der Waals surface area contributed by atoms with Crippen molar-refractivity contribution in [1.82, 2.24) is 15.3 Å². The average Bonchev–Trinajstić information content (AvgIpc) is 2.28. The Morgan fingerprint density at radius 2 is 2.19 bits per heavy atom. The molecule has 0 amide bonds. The van der Waals surface area contributed by atoms with Crippen molar-refractivity contribution >= 4 is 0 Å². The minimum absolute atomic E-state index is 0.492. The molecule has 0 aliphatic rings. The topological polar surface area (TPSA) is 47.0 Å². The van der Waals surface area contributed by atoms with Crippen LogP contribution in [0.1, 0.15) is 37.9 Å². The Morgan fingerprint density at radius 1 is 1.38 bits per heavy atom. The van der Waals surface area contributed by atoms with Gasteiger partial charge in [-0.1, -0.05) is 20.3 Å². The summed E-state index contributed by atoms with van der Waals surface area (Å²) in [5.41, 5.74) is 2.12. The summed E-state index contributed by atoms with van der Waals surface area (Å²) >= 11 is 0. The van der Waals surface area contributed by atoms with E-state index in [1.807, 2.05) is 13.1 Å². The highest BCUT2D eigenvalue weighted by Gasteiger charge is 2.03. The van der Waals surface area contributed by atoms with E-state index >= 15 is 0 Å². The van der Waals surface area contributed by atoms with Crippen LogP contribution in [-0.2, 0) is 6.54 Å². The van der Waals surface area contributed by atoms with Gasteiger partial charge in [-0.2, -0.15) is 0 Å². The van der Waals surface area contributed by atoms with Gasteiger partial charge in [0.25, 0.3) is 0 Å². The van der Waals surface area contributed by atoms with Gasteiger partial charge in [0, 0.05) is 24.0 Å². The van der Waals surface area contributed by atoms with E-state index in [0.29, 0.717) is 12.6 Å². The molecule has 1 rings (SSSR count). The lowest BCUT2D eigenvalue weighted by Crippen LogP contribution is -2.14. The summed E-state index contributed by atoms with van der Waals surface area (Å²) in [6.07, 6.45) is 4.01. The Bertz CT molecular complexity index is 315. The molecule has 1 heterocycles. The first-order valence-electron chi connectivity index (χ1n) is 5.94. The maximum atomic E-state index is 5.44. The van der Waals surface area contributed by atoms with E-state index < -0.39 is 0 Å². The van der Waals surface area contributed by atoms with Crippen LogP contribution in [0.4, 0.5) is 0 Å². The van der Waals surface area contributed by atoms with Gasteiger partial charge >= 0.3 is 6.01 Å². The second-order valence-electron chi connectivity index (χ2n) is 3.75. The number of rotatable bonds is 7. The molecule has 0 saturated carbocycles. The van der Waals surface area contributed by atoms with Crippen molar-refractivity contribution in [3.05, 3.63) is 17.5 Å². The Hall–Kier alpha value is -1.16. The number of hydrogen-bond donors (Lipinski definition) is 1. The molecule has 0 bridgehead atoms. The van der Waals surface area contributed by atoms with Crippen molar-refractivity contribution < 1.29 is 4.74 Å². The summed E-state index contributed by atoms with van der Waals surface area (Å²) in [7, 11) is 0. The molecule has 0 aromatic carbocycles. The van der Waals surface area contributed by atoms with E-state index in [1.165, 1.54) is 0 Å². The average molecular weight is 223 g/mol. The summed E-state index contributed by atoms with van der Waals surface area (Å²) in [5.74, 6) is 0. The third kappa shape index (κ3) is 4.14. The van der Waals surface area contributed by atoms with Crippen molar-refractivity contribution in [3.63, 3.8) is 0 Å². The summed E-state index contributed by atoms with van der Waals surface area (Å²) in [6.45, 7) is 8.67. The second kappa shape index (κ2) is 7.17. The van der Waals surface area contributed by atoms with Crippen LogP contribution in [0.25, 0.3) is 0 Å². The molecule has 90 valence electrons. The third-order valence-electron chi connectivity index (χ3n) is 2.35. The highest BCUT2D eigenvalue weighted by atomic mass is 16.5. The van der Waals surface area contributed by atoms with E-state index in [-0.39, 0.29) is 0 Å². The Kier molecular flexibility index (Phi) is 5.78. The largest absolute Gasteiger partial charge is 0.463 e. The van der Waals surface area contributed by atoms with Crippen LogP contribution < -0.4 is 10.1 Å². The summed E-state index contributed by atoms with van der Waals surface area (Å²) < 4.78 is 5.44. The van der Waals surface area contributed by atoms with Gasteiger partial charge in [0.15, 0.2) is 0 Å². The molecule has 0 radical (unpaired) electrons. The summed E-state index contributed by atoms with van der Waals surface area (Å²) in [5, 5.41) is 3.26. The summed E-state index contributed by atoms with van der Waals surface area (Å²) in [4.78, 5) is 8.52. The van der Waals surface area contributed by atoms with Crippen molar-refractivity contribution in [3.8, 4) is 6.01 Å². The first-order valence-corrected chi connectivity index (χ1v) is 5.94. The number of nitrogens with zero attached hydrogens (tertiary/aromatic N) is 2.